The van der Waals surface area contributed by atoms with E-state index in [0.29, 0.717) is 0 Å². The number of anilines is 1. The van der Waals surface area contributed by atoms with Gasteiger partial charge in [0.2, 0.25) is 5.95 Å². The highest BCUT2D eigenvalue weighted by Crippen LogP contribution is 2.33. The molecule has 0 aliphatic carbocycles. The molecule has 12 nitrogen and oxygen atoms in total. The second-order valence-electron chi connectivity index (χ2n) is 4.71. The van der Waals surface area contributed by atoms with E-state index in [1.807, 2.05) is 0 Å². The summed E-state index contributed by atoms with van der Waals surface area (Å²) in [6, 6.07) is -1.01. The Labute approximate surface area is 121 Å². The molecule has 5 N–H and O–H groups in total. The fourth-order valence-corrected chi connectivity index (χ4v) is 2.42. The largest absolute Gasteiger partial charge is 0.394 e. The molecule has 1 fully saturated rings. The number of ether oxygens (including phenoxy) is 1. The molecule has 3 rings (SSSR count). The summed E-state index contributed by atoms with van der Waals surface area (Å²) < 4.78 is 6.82. The smallest absolute Gasteiger partial charge is 0.280 e. The number of nitrogens with two attached hydrogens (primary N) is 1. The number of nitrogens with one attached hydrogen (secondary N) is 1. The van der Waals surface area contributed by atoms with Crippen LogP contribution < -0.4 is 11.3 Å². The standard InChI is InChI=1S/C10H12N8O4/c11-10-14-7-5(8(21)15-10)13-2-18(7)9-4(16-17-12)6(20)3(1-19)22-9/h2-4,6,9,19-20H,1H2,(H3,11,14,15,21)/t3-,4-,6-,9-/m1/s1. The van der Waals surface area contributed by atoms with Crippen molar-refractivity contribution in [3.05, 3.63) is 27.1 Å². The zero-order chi connectivity index (χ0) is 15.9. The topological polar surface area (TPSA) is 188 Å². The number of aliphatic hydroxyl groups is 2. The first-order chi connectivity index (χ1) is 10.6. The number of hydrogen-bond donors (Lipinski definition) is 4. The maximum atomic E-state index is 11.8. The molecule has 2 aromatic rings. The lowest BCUT2D eigenvalue weighted by atomic mass is 10.1. The lowest BCUT2D eigenvalue weighted by Gasteiger charge is -2.16. The highest BCUT2D eigenvalue weighted by Gasteiger charge is 2.44. The summed E-state index contributed by atoms with van der Waals surface area (Å²) in [5.41, 5.74) is 13.8. The quantitative estimate of drug-likeness (QED) is 0.305. The van der Waals surface area contributed by atoms with Gasteiger partial charge in [-0.1, -0.05) is 5.11 Å². The van der Waals surface area contributed by atoms with Crippen LogP contribution in [0.2, 0.25) is 0 Å². The lowest BCUT2D eigenvalue weighted by Crippen LogP contribution is -2.31. The maximum absolute atomic E-state index is 11.8. The van der Waals surface area contributed by atoms with Gasteiger partial charge < -0.3 is 20.7 Å². The minimum atomic E-state index is -1.21. The summed E-state index contributed by atoms with van der Waals surface area (Å²) in [5.74, 6) is -0.114. The average Bonchev–Trinajstić information content (AvgIpc) is 3.02. The van der Waals surface area contributed by atoms with E-state index in [1.165, 1.54) is 10.9 Å². The molecule has 1 aliphatic rings. The van der Waals surface area contributed by atoms with Crippen molar-refractivity contribution in [3.63, 3.8) is 0 Å². The third-order valence-corrected chi connectivity index (χ3v) is 3.43. The van der Waals surface area contributed by atoms with E-state index in [2.05, 4.69) is 25.0 Å². The molecule has 0 amide bonds. The van der Waals surface area contributed by atoms with E-state index in [-0.39, 0.29) is 17.1 Å². The van der Waals surface area contributed by atoms with Crippen molar-refractivity contribution >= 4 is 17.1 Å². The predicted octanol–water partition coefficient (Wildman–Crippen LogP) is -1.37. The molecule has 3 heterocycles. The number of fused-ring (bicyclic) bond motifs is 1. The number of aliphatic hydroxyl groups excluding tert-OH is 2. The zero-order valence-corrected chi connectivity index (χ0v) is 11.1. The van der Waals surface area contributed by atoms with Crippen LogP contribution in [-0.4, -0.2) is 54.6 Å². The van der Waals surface area contributed by atoms with Gasteiger partial charge in [0, 0.05) is 4.91 Å². The average molecular weight is 308 g/mol. The van der Waals surface area contributed by atoms with Gasteiger partial charge in [-0.15, -0.1) is 0 Å². The first-order valence-corrected chi connectivity index (χ1v) is 6.27. The van der Waals surface area contributed by atoms with Crippen LogP contribution in [0, 0.1) is 0 Å². The number of aromatic nitrogens is 4. The van der Waals surface area contributed by atoms with Crippen LogP contribution in [0.1, 0.15) is 6.23 Å². The van der Waals surface area contributed by atoms with Crippen molar-refractivity contribution in [3.8, 4) is 0 Å². The minimum absolute atomic E-state index is 0.0272. The van der Waals surface area contributed by atoms with Gasteiger partial charge in [-0.25, -0.2) is 4.98 Å². The third-order valence-electron chi connectivity index (χ3n) is 3.43. The highest BCUT2D eigenvalue weighted by molar-refractivity contribution is 5.70. The number of hydrogen-bond acceptors (Lipinski definition) is 8. The van der Waals surface area contributed by atoms with Crippen LogP contribution in [0.4, 0.5) is 5.95 Å². The predicted molar refractivity (Wildman–Crippen MR) is 72.5 cm³/mol. The molecule has 0 bridgehead atoms. The van der Waals surface area contributed by atoms with Crippen molar-refractivity contribution in [2.24, 2.45) is 5.11 Å². The van der Waals surface area contributed by atoms with Gasteiger partial charge in [0.15, 0.2) is 11.2 Å². The number of azide groups is 1. The van der Waals surface area contributed by atoms with Crippen LogP contribution >= 0.6 is 0 Å². The second kappa shape index (κ2) is 5.27. The van der Waals surface area contributed by atoms with Crippen molar-refractivity contribution in [2.75, 3.05) is 12.3 Å². The molecule has 4 atom stereocenters. The summed E-state index contributed by atoms with van der Waals surface area (Å²) in [5, 5.41) is 22.7. The van der Waals surface area contributed by atoms with E-state index < -0.39 is 36.6 Å². The number of aromatic amines is 1. The minimum Gasteiger partial charge on any atom is -0.394 e. The molecule has 12 heteroatoms. The van der Waals surface area contributed by atoms with Crippen LogP contribution in [0.5, 0.6) is 0 Å². The number of H-pyrrole nitrogens is 1. The molecule has 0 aromatic carbocycles. The fourth-order valence-electron chi connectivity index (χ4n) is 2.42. The van der Waals surface area contributed by atoms with E-state index in [0.717, 1.165) is 0 Å². The van der Waals surface area contributed by atoms with Crippen molar-refractivity contribution < 1.29 is 14.9 Å². The fraction of sp³-hybridized carbons (Fsp3) is 0.500. The maximum Gasteiger partial charge on any atom is 0.280 e. The molecular formula is C10H12N8O4. The Morgan fingerprint density at radius 3 is 3.09 bits per heavy atom. The molecule has 2 aromatic heterocycles. The van der Waals surface area contributed by atoms with Gasteiger partial charge in [0.25, 0.3) is 5.56 Å². The summed E-state index contributed by atoms with van der Waals surface area (Å²) in [6.07, 6.45) is -1.84. The van der Waals surface area contributed by atoms with E-state index >= 15 is 0 Å². The van der Waals surface area contributed by atoms with Gasteiger partial charge in [-0.05, 0) is 5.53 Å². The first kappa shape index (κ1) is 14.3. The van der Waals surface area contributed by atoms with Gasteiger partial charge in [-0.3, -0.25) is 14.3 Å². The van der Waals surface area contributed by atoms with Crippen LogP contribution in [0.3, 0.4) is 0 Å². The van der Waals surface area contributed by atoms with Crippen molar-refractivity contribution in [2.45, 2.75) is 24.5 Å². The number of imidazole rings is 1. The molecule has 116 valence electrons. The second-order valence-corrected chi connectivity index (χ2v) is 4.71. The molecule has 0 radical (unpaired) electrons. The Kier molecular flexibility index (Phi) is 3.42. The third kappa shape index (κ3) is 2.07. The number of nitrogen functional groups attached to an aromatic ring is 1. The highest BCUT2D eigenvalue weighted by atomic mass is 16.5. The van der Waals surface area contributed by atoms with Crippen LogP contribution in [0.25, 0.3) is 21.6 Å². The Morgan fingerprint density at radius 2 is 2.41 bits per heavy atom. The molecule has 0 unspecified atom stereocenters. The molecule has 0 spiro atoms. The molecule has 22 heavy (non-hydrogen) atoms. The summed E-state index contributed by atoms with van der Waals surface area (Å²) in [4.78, 5) is 24.6. The Balaban J connectivity index is 2.13. The van der Waals surface area contributed by atoms with Crippen LogP contribution in [-0.2, 0) is 4.74 Å². The number of nitrogens with zero attached hydrogens (tertiary/aromatic N) is 6. The van der Waals surface area contributed by atoms with E-state index in [1.54, 1.807) is 0 Å². The van der Waals surface area contributed by atoms with E-state index in [9.17, 15) is 15.0 Å². The van der Waals surface area contributed by atoms with Crippen molar-refractivity contribution in [1.29, 1.82) is 0 Å². The van der Waals surface area contributed by atoms with Gasteiger partial charge in [0.1, 0.15) is 18.4 Å². The SMILES string of the molecule is [N-]=[N+]=N[C@@H]1[C@H](O)[C@@H](CO)O[C@H]1n1cnc2c(=O)[nH]c(N)nc21. The summed E-state index contributed by atoms with van der Waals surface area (Å²) >= 11 is 0. The zero-order valence-electron chi connectivity index (χ0n) is 11.1. The Hall–Kier alpha value is -2.66. The molecule has 1 aliphatic heterocycles. The summed E-state index contributed by atoms with van der Waals surface area (Å²) in [7, 11) is 0. The normalized spacial score (nSPS) is 27.9. The first-order valence-electron chi connectivity index (χ1n) is 6.27. The molecule has 0 saturated carbocycles. The van der Waals surface area contributed by atoms with Crippen LogP contribution in [0.15, 0.2) is 16.2 Å². The Bertz CT molecular complexity index is 809. The number of rotatable bonds is 3. The van der Waals surface area contributed by atoms with E-state index in [4.69, 9.17) is 16.0 Å². The monoisotopic (exact) mass is 308 g/mol. The van der Waals surface area contributed by atoms with Crippen molar-refractivity contribution in [1.82, 2.24) is 19.5 Å². The lowest BCUT2D eigenvalue weighted by molar-refractivity contribution is -0.0436. The molecule has 1 saturated heterocycles. The van der Waals surface area contributed by atoms with Gasteiger partial charge in [0.05, 0.1) is 19.0 Å². The summed E-state index contributed by atoms with van der Waals surface area (Å²) in [6.45, 7) is -0.460. The van der Waals surface area contributed by atoms with Gasteiger partial charge in [-0.2, -0.15) is 4.98 Å². The Morgan fingerprint density at radius 1 is 1.64 bits per heavy atom. The van der Waals surface area contributed by atoms with Gasteiger partial charge >= 0.3 is 0 Å². The molecular weight excluding hydrogens is 296 g/mol.